The molecule has 0 bridgehead atoms. The fourth-order valence-electron chi connectivity index (χ4n) is 3.66. The lowest BCUT2D eigenvalue weighted by molar-refractivity contribution is -0.137. The number of carbonyl (C=O) groups excluding carboxylic acids is 3. The molecule has 8 heteroatoms. The largest absolute Gasteiger partial charge is 0.359 e. The van der Waals surface area contributed by atoms with Crippen LogP contribution in [0.1, 0.15) is 58.6 Å². The van der Waals surface area contributed by atoms with E-state index in [1.54, 1.807) is 11.0 Å². The monoisotopic (exact) mass is 390 g/mol. The molecule has 1 saturated heterocycles. The normalized spacial score (nSPS) is 19.5. The van der Waals surface area contributed by atoms with Gasteiger partial charge in [0.05, 0.1) is 0 Å². The van der Waals surface area contributed by atoms with Crippen LogP contribution in [0, 0.1) is 5.92 Å². The maximum absolute atomic E-state index is 12.8. The van der Waals surface area contributed by atoms with Crippen LogP contribution in [-0.4, -0.2) is 58.9 Å². The lowest BCUT2D eigenvalue weighted by Crippen LogP contribution is -2.41. The molecular weight excluding hydrogens is 360 g/mol. The summed E-state index contributed by atoms with van der Waals surface area (Å²) in [6.45, 7) is 8.27. The van der Waals surface area contributed by atoms with Crippen LogP contribution >= 0.6 is 0 Å². The van der Waals surface area contributed by atoms with E-state index in [-0.39, 0.29) is 29.1 Å². The van der Waals surface area contributed by atoms with Gasteiger partial charge in [-0.25, -0.2) is 4.79 Å². The second-order valence-electron chi connectivity index (χ2n) is 8.74. The summed E-state index contributed by atoms with van der Waals surface area (Å²) in [7, 11) is 0. The van der Waals surface area contributed by atoms with Gasteiger partial charge in [-0.05, 0) is 19.3 Å². The molecule has 154 valence electrons. The van der Waals surface area contributed by atoms with Crippen molar-refractivity contribution < 1.29 is 18.9 Å². The third-order valence-electron chi connectivity index (χ3n) is 5.47. The number of hydrogen-bond acceptors (Lipinski definition) is 5. The average Bonchev–Trinajstić information content (AvgIpc) is 2.98. The minimum Gasteiger partial charge on any atom is -0.359 e. The van der Waals surface area contributed by atoms with E-state index < -0.39 is 0 Å². The SMILES string of the molecule is CC(C)(C)c1cc(NC(=O)N2CCCN(C(=O)C3CCC(=O)CC3)CC2)no1. The van der Waals surface area contributed by atoms with Crippen LogP contribution < -0.4 is 5.32 Å². The molecule has 1 N–H and O–H groups in total. The van der Waals surface area contributed by atoms with E-state index in [1.807, 2.05) is 25.7 Å². The van der Waals surface area contributed by atoms with E-state index in [4.69, 9.17) is 4.52 Å². The number of urea groups is 1. The van der Waals surface area contributed by atoms with Crippen molar-refractivity contribution in [3.05, 3.63) is 11.8 Å². The predicted molar refractivity (Wildman–Crippen MR) is 104 cm³/mol. The van der Waals surface area contributed by atoms with E-state index in [2.05, 4.69) is 10.5 Å². The molecule has 0 aromatic carbocycles. The van der Waals surface area contributed by atoms with Gasteiger partial charge < -0.3 is 14.3 Å². The van der Waals surface area contributed by atoms with Gasteiger partial charge in [0.25, 0.3) is 0 Å². The summed E-state index contributed by atoms with van der Waals surface area (Å²) in [6.07, 6.45) is 3.05. The van der Waals surface area contributed by atoms with Gasteiger partial charge in [0.1, 0.15) is 11.5 Å². The summed E-state index contributed by atoms with van der Waals surface area (Å²) in [5.74, 6) is 1.44. The maximum Gasteiger partial charge on any atom is 0.323 e. The minimum atomic E-state index is -0.230. The fourth-order valence-corrected chi connectivity index (χ4v) is 3.66. The molecule has 1 aliphatic carbocycles. The first-order valence-electron chi connectivity index (χ1n) is 10.1. The molecular formula is C20H30N4O4. The Hall–Kier alpha value is -2.38. The number of hydrogen-bond donors (Lipinski definition) is 1. The standard InChI is InChI=1S/C20H30N4O4/c1-20(2,3)16-13-17(22-28-16)21-19(27)24-10-4-9-23(11-12-24)18(26)14-5-7-15(25)8-6-14/h13-14H,4-12H2,1-3H3,(H,21,22,27). The van der Waals surface area contributed by atoms with Gasteiger partial charge in [-0.15, -0.1) is 0 Å². The zero-order valence-corrected chi connectivity index (χ0v) is 17.0. The van der Waals surface area contributed by atoms with Crippen LogP contribution in [0.2, 0.25) is 0 Å². The zero-order chi connectivity index (χ0) is 20.3. The van der Waals surface area contributed by atoms with E-state index >= 15 is 0 Å². The molecule has 28 heavy (non-hydrogen) atoms. The molecule has 0 spiro atoms. The van der Waals surface area contributed by atoms with Crippen molar-refractivity contribution in [2.24, 2.45) is 5.92 Å². The Morgan fingerprint density at radius 3 is 2.39 bits per heavy atom. The number of amides is 3. The summed E-state index contributed by atoms with van der Waals surface area (Å²) < 4.78 is 5.31. The molecule has 2 fully saturated rings. The van der Waals surface area contributed by atoms with Crippen molar-refractivity contribution >= 4 is 23.5 Å². The molecule has 2 heterocycles. The highest BCUT2D eigenvalue weighted by molar-refractivity contribution is 5.88. The quantitative estimate of drug-likeness (QED) is 0.838. The number of Topliss-reactive ketones (excluding diaryl/α,β-unsaturated/α-hetero) is 1. The van der Waals surface area contributed by atoms with Gasteiger partial charge in [-0.2, -0.15) is 0 Å². The first kappa shape index (κ1) is 20.4. The van der Waals surface area contributed by atoms with E-state index in [1.165, 1.54) is 0 Å². The van der Waals surface area contributed by atoms with E-state index in [0.717, 1.165) is 6.42 Å². The Balaban J connectivity index is 1.53. The summed E-state index contributed by atoms with van der Waals surface area (Å²) in [5, 5.41) is 6.71. The van der Waals surface area contributed by atoms with Crippen LogP contribution in [0.4, 0.5) is 10.6 Å². The smallest absolute Gasteiger partial charge is 0.323 e. The van der Waals surface area contributed by atoms with Crippen LogP contribution in [0.3, 0.4) is 0 Å². The summed E-state index contributed by atoms with van der Waals surface area (Å²) >= 11 is 0. The molecule has 0 atom stereocenters. The molecule has 1 saturated carbocycles. The molecule has 1 aliphatic heterocycles. The first-order chi connectivity index (χ1) is 13.2. The summed E-state index contributed by atoms with van der Waals surface area (Å²) in [5.41, 5.74) is -0.177. The molecule has 3 rings (SSSR count). The lowest BCUT2D eigenvalue weighted by atomic mass is 9.87. The first-order valence-corrected chi connectivity index (χ1v) is 10.1. The molecule has 3 amide bonds. The number of nitrogens with one attached hydrogen (secondary N) is 1. The Morgan fingerprint density at radius 2 is 1.75 bits per heavy atom. The lowest BCUT2D eigenvalue weighted by Gasteiger charge is -2.28. The van der Waals surface area contributed by atoms with Gasteiger partial charge in [0, 0.05) is 56.4 Å². The molecule has 2 aliphatic rings. The summed E-state index contributed by atoms with van der Waals surface area (Å²) in [4.78, 5) is 40.3. The predicted octanol–water partition coefficient (Wildman–Crippen LogP) is 2.80. The average molecular weight is 390 g/mol. The molecule has 0 unspecified atom stereocenters. The van der Waals surface area contributed by atoms with Crippen LogP contribution in [0.5, 0.6) is 0 Å². The Kier molecular flexibility index (Phi) is 6.05. The van der Waals surface area contributed by atoms with Crippen LogP contribution in [0.25, 0.3) is 0 Å². The van der Waals surface area contributed by atoms with Crippen molar-refractivity contribution in [3.8, 4) is 0 Å². The molecule has 1 aromatic heterocycles. The van der Waals surface area contributed by atoms with Crippen molar-refractivity contribution in [1.29, 1.82) is 0 Å². The Labute approximate surface area is 165 Å². The maximum atomic E-state index is 12.8. The molecule has 0 radical (unpaired) electrons. The second-order valence-corrected chi connectivity index (χ2v) is 8.74. The Bertz CT molecular complexity index is 727. The van der Waals surface area contributed by atoms with Gasteiger partial charge in [-0.3, -0.25) is 14.9 Å². The van der Waals surface area contributed by atoms with Gasteiger partial charge in [0.2, 0.25) is 5.91 Å². The third-order valence-corrected chi connectivity index (χ3v) is 5.47. The van der Waals surface area contributed by atoms with Crippen molar-refractivity contribution in [2.45, 2.75) is 58.3 Å². The van der Waals surface area contributed by atoms with Gasteiger partial charge in [-0.1, -0.05) is 25.9 Å². The number of anilines is 1. The van der Waals surface area contributed by atoms with E-state index in [0.29, 0.717) is 63.4 Å². The second kappa shape index (κ2) is 8.32. The topological polar surface area (TPSA) is 95.8 Å². The van der Waals surface area contributed by atoms with Crippen molar-refractivity contribution in [2.75, 3.05) is 31.5 Å². The number of rotatable bonds is 2. The summed E-state index contributed by atoms with van der Waals surface area (Å²) in [6, 6.07) is 1.52. The number of ketones is 1. The fraction of sp³-hybridized carbons (Fsp3) is 0.700. The number of nitrogens with zero attached hydrogens (tertiary/aromatic N) is 3. The highest BCUT2D eigenvalue weighted by Gasteiger charge is 2.30. The third kappa shape index (κ3) is 4.91. The van der Waals surface area contributed by atoms with Crippen molar-refractivity contribution in [3.63, 3.8) is 0 Å². The van der Waals surface area contributed by atoms with Crippen LogP contribution in [0.15, 0.2) is 10.6 Å². The number of carbonyl (C=O) groups is 3. The number of aromatic nitrogens is 1. The molecule has 1 aromatic rings. The highest BCUT2D eigenvalue weighted by Crippen LogP contribution is 2.25. The highest BCUT2D eigenvalue weighted by atomic mass is 16.5. The zero-order valence-electron chi connectivity index (χ0n) is 17.0. The van der Waals surface area contributed by atoms with E-state index in [9.17, 15) is 14.4 Å². The van der Waals surface area contributed by atoms with Gasteiger partial charge in [0.15, 0.2) is 5.82 Å². The minimum absolute atomic E-state index is 0.0518. The van der Waals surface area contributed by atoms with Gasteiger partial charge >= 0.3 is 6.03 Å². The van der Waals surface area contributed by atoms with Crippen LogP contribution in [-0.2, 0) is 15.0 Å². The molecule has 8 nitrogen and oxygen atoms in total. The Morgan fingerprint density at radius 1 is 1.11 bits per heavy atom. The van der Waals surface area contributed by atoms with Crippen molar-refractivity contribution in [1.82, 2.24) is 15.0 Å².